The van der Waals surface area contributed by atoms with Crippen LogP contribution in [0.1, 0.15) is 36.7 Å². The van der Waals surface area contributed by atoms with Crippen LogP contribution in [0, 0.1) is 13.8 Å². The Morgan fingerprint density at radius 2 is 1.94 bits per heavy atom. The van der Waals surface area contributed by atoms with Gasteiger partial charge < -0.3 is 10.3 Å². The van der Waals surface area contributed by atoms with Crippen LogP contribution in [0.5, 0.6) is 0 Å². The van der Waals surface area contributed by atoms with Gasteiger partial charge in [0.1, 0.15) is 0 Å². The number of benzene rings is 1. The van der Waals surface area contributed by atoms with E-state index in [0.29, 0.717) is 17.4 Å². The second kappa shape index (κ2) is 4.20. The number of nitrogens with two attached hydrogens (primary N) is 1. The van der Waals surface area contributed by atoms with Crippen LogP contribution in [0.3, 0.4) is 0 Å². The molecule has 2 N–H and O–H groups in total. The Kier molecular flexibility index (Phi) is 2.88. The Bertz CT molecular complexity index is 544. The number of anilines is 1. The van der Waals surface area contributed by atoms with Crippen LogP contribution >= 0.6 is 0 Å². The van der Waals surface area contributed by atoms with E-state index in [-0.39, 0.29) is 5.92 Å². The average molecular weight is 231 g/mol. The first kappa shape index (κ1) is 11.6. The lowest BCUT2D eigenvalue weighted by Gasteiger charge is -2.06. The van der Waals surface area contributed by atoms with E-state index >= 15 is 0 Å². The zero-order valence-corrected chi connectivity index (χ0v) is 10.6. The largest absolute Gasteiger partial charge is 0.398 e. The number of aryl methyl sites for hydroxylation is 2. The van der Waals surface area contributed by atoms with Gasteiger partial charge in [-0.05, 0) is 31.0 Å². The maximum atomic E-state index is 6.04. The van der Waals surface area contributed by atoms with Gasteiger partial charge in [-0.3, -0.25) is 0 Å². The Hall–Kier alpha value is -1.84. The minimum Gasteiger partial charge on any atom is -0.398 e. The van der Waals surface area contributed by atoms with Crippen LogP contribution in [0.4, 0.5) is 5.69 Å². The summed E-state index contributed by atoms with van der Waals surface area (Å²) >= 11 is 0. The van der Waals surface area contributed by atoms with Crippen molar-refractivity contribution in [3.8, 4) is 11.5 Å². The van der Waals surface area contributed by atoms with Crippen LogP contribution in [-0.2, 0) is 0 Å². The standard InChI is InChI=1S/C13H17N3O/c1-7(2)12-15-13(17-16-12)10-6-8(3)5-9(4)11(10)14/h5-7H,14H2,1-4H3. The van der Waals surface area contributed by atoms with E-state index in [2.05, 4.69) is 10.1 Å². The van der Waals surface area contributed by atoms with Crippen molar-refractivity contribution in [1.29, 1.82) is 0 Å². The zero-order chi connectivity index (χ0) is 12.6. The predicted molar refractivity (Wildman–Crippen MR) is 67.7 cm³/mol. The molecule has 0 aliphatic heterocycles. The molecule has 17 heavy (non-hydrogen) atoms. The van der Waals surface area contributed by atoms with Gasteiger partial charge in [0.15, 0.2) is 5.82 Å². The maximum absolute atomic E-state index is 6.04. The van der Waals surface area contributed by atoms with Crippen molar-refractivity contribution in [3.63, 3.8) is 0 Å². The topological polar surface area (TPSA) is 64.9 Å². The molecule has 90 valence electrons. The lowest BCUT2D eigenvalue weighted by Crippen LogP contribution is -1.95. The molecular formula is C13H17N3O. The van der Waals surface area contributed by atoms with Crippen LogP contribution < -0.4 is 5.73 Å². The van der Waals surface area contributed by atoms with Crippen molar-refractivity contribution in [1.82, 2.24) is 10.1 Å². The molecular weight excluding hydrogens is 214 g/mol. The number of nitrogens with zero attached hydrogens (tertiary/aromatic N) is 2. The van der Waals surface area contributed by atoms with Gasteiger partial charge in [-0.1, -0.05) is 25.1 Å². The molecule has 1 aromatic heterocycles. The normalized spacial score (nSPS) is 11.1. The van der Waals surface area contributed by atoms with Crippen molar-refractivity contribution < 1.29 is 4.52 Å². The van der Waals surface area contributed by atoms with Crippen molar-refractivity contribution in [3.05, 3.63) is 29.1 Å². The van der Waals surface area contributed by atoms with Gasteiger partial charge in [0.05, 0.1) is 5.56 Å². The van der Waals surface area contributed by atoms with Crippen molar-refractivity contribution in [2.24, 2.45) is 0 Å². The molecule has 0 aliphatic carbocycles. The first-order valence-corrected chi connectivity index (χ1v) is 5.69. The molecule has 0 amide bonds. The molecule has 1 heterocycles. The third-order valence-electron chi connectivity index (χ3n) is 2.72. The summed E-state index contributed by atoms with van der Waals surface area (Å²) in [5.41, 5.74) is 9.73. The Morgan fingerprint density at radius 1 is 1.24 bits per heavy atom. The van der Waals surface area contributed by atoms with E-state index in [4.69, 9.17) is 10.3 Å². The highest BCUT2D eigenvalue weighted by molar-refractivity contribution is 5.74. The molecule has 0 atom stereocenters. The van der Waals surface area contributed by atoms with E-state index in [1.807, 2.05) is 39.8 Å². The SMILES string of the molecule is Cc1cc(C)c(N)c(-c2nc(C(C)C)no2)c1. The summed E-state index contributed by atoms with van der Waals surface area (Å²) in [6.45, 7) is 8.06. The summed E-state index contributed by atoms with van der Waals surface area (Å²) in [4.78, 5) is 4.37. The number of aromatic nitrogens is 2. The Labute approximate surface area is 101 Å². The monoisotopic (exact) mass is 231 g/mol. The highest BCUT2D eigenvalue weighted by atomic mass is 16.5. The molecule has 4 nitrogen and oxygen atoms in total. The fourth-order valence-electron chi connectivity index (χ4n) is 1.73. The Balaban J connectivity index is 2.52. The van der Waals surface area contributed by atoms with Gasteiger partial charge in [0, 0.05) is 11.6 Å². The first-order chi connectivity index (χ1) is 7.99. The van der Waals surface area contributed by atoms with Crippen molar-refractivity contribution in [2.75, 3.05) is 5.73 Å². The predicted octanol–water partition coefficient (Wildman–Crippen LogP) is 3.06. The molecule has 0 aliphatic rings. The second-order valence-corrected chi connectivity index (χ2v) is 4.66. The van der Waals surface area contributed by atoms with E-state index in [1.54, 1.807) is 0 Å². The van der Waals surface area contributed by atoms with Gasteiger partial charge in [-0.15, -0.1) is 0 Å². The maximum Gasteiger partial charge on any atom is 0.260 e. The third kappa shape index (κ3) is 2.16. The zero-order valence-electron chi connectivity index (χ0n) is 10.6. The van der Waals surface area contributed by atoms with E-state index < -0.39 is 0 Å². The summed E-state index contributed by atoms with van der Waals surface area (Å²) < 4.78 is 5.26. The molecule has 0 saturated heterocycles. The van der Waals surface area contributed by atoms with Gasteiger partial charge in [0.2, 0.25) is 0 Å². The van der Waals surface area contributed by atoms with Crippen LogP contribution in [0.25, 0.3) is 11.5 Å². The van der Waals surface area contributed by atoms with Crippen LogP contribution in [0.2, 0.25) is 0 Å². The molecule has 0 fully saturated rings. The number of nitrogen functional groups attached to an aromatic ring is 1. The van der Waals surface area contributed by atoms with Crippen LogP contribution in [0.15, 0.2) is 16.7 Å². The summed E-state index contributed by atoms with van der Waals surface area (Å²) in [7, 11) is 0. The molecule has 0 bridgehead atoms. The third-order valence-corrected chi connectivity index (χ3v) is 2.72. The van der Waals surface area contributed by atoms with Gasteiger partial charge in [-0.25, -0.2) is 0 Å². The summed E-state index contributed by atoms with van der Waals surface area (Å²) in [5, 5.41) is 3.95. The number of hydrogen-bond donors (Lipinski definition) is 1. The molecule has 0 saturated carbocycles. The van der Waals surface area contributed by atoms with Gasteiger partial charge >= 0.3 is 0 Å². The number of rotatable bonds is 2. The quantitative estimate of drug-likeness (QED) is 0.807. The summed E-state index contributed by atoms with van der Waals surface area (Å²) in [5.74, 6) is 1.45. The van der Waals surface area contributed by atoms with Gasteiger partial charge in [-0.2, -0.15) is 4.98 Å². The summed E-state index contributed by atoms with van der Waals surface area (Å²) in [6, 6.07) is 4.01. The smallest absolute Gasteiger partial charge is 0.260 e. The second-order valence-electron chi connectivity index (χ2n) is 4.66. The average Bonchev–Trinajstić information content (AvgIpc) is 2.72. The van der Waals surface area contributed by atoms with E-state index in [9.17, 15) is 0 Å². The molecule has 2 rings (SSSR count). The van der Waals surface area contributed by atoms with Gasteiger partial charge in [0.25, 0.3) is 5.89 Å². The fraction of sp³-hybridized carbons (Fsp3) is 0.385. The van der Waals surface area contributed by atoms with E-state index in [0.717, 1.165) is 16.7 Å². The molecule has 1 aromatic carbocycles. The Morgan fingerprint density at radius 3 is 2.53 bits per heavy atom. The van der Waals surface area contributed by atoms with E-state index in [1.165, 1.54) is 0 Å². The minimum absolute atomic E-state index is 0.250. The molecule has 0 spiro atoms. The number of hydrogen-bond acceptors (Lipinski definition) is 4. The lowest BCUT2D eigenvalue weighted by atomic mass is 10.0. The molecule has 2 aromatic rings. The fourth-order valence-corrected chi connectivity index (χ4v) is 1.73. The minimum atomic E-state index is 0.250. The highest BCUT2D eigenvalue weighted by Crippen LogP contribution is 2.29. The van der Waals surface area contributed by atoms with Crippen LogP contribution in [-0.4, -0.2) is 10.1 Å². The van der Waals surface area contributed by atoms with Crippen molar-refractivity contribution in [2.45, 2.75) is 33.6 Å². The summed E-state index contributed by atoms with van der Waals surface area (Å²) in [6.07, 6.45) is 0. The highest BCUT2D eigenvalue weighted by Gasteiger charge is 2.15. The lowest BCUT2D eigenvalue weighted by molar-refractivity contribution is 0.419. The first-order valence-electron chi connectivity index (χ1n) is 5.69. The molecule has 0 radical (unpaired) electrons. The molecule has 4 heteroatoms. The van der Waals surface area contributed by atoms with Crippen molar-refractivity contribution >= 4 is 5.69 Å². The molecule has 0 unspecified atom stereocenters.